The largest absolute Gasteiger partial charge is 0.481 e. The molecule has 1 aliphatic heterocycles. The monoisotopic (exact) mass is 587 g/mol. The highest BCUT2D eigenvalue weighted by molar-refractivity contribution is 5.92. The van der Waals surface area contributed by atoms with Gasteiger partial charge in [-0.2, -0.15) is 0 Å². The van der Waals surface area contributed by atoms with Crippen molar-refractivity contribution in [1.29, 1.82) is 0 Å². The first-order chi connectivity index (χ1) is 19.9. The van der Waals surface area contributed by atoms with Crippen LogP contribution in [0.15, 0.2) is 30.3 Å². The van der Waals surface area contributed by atoms with Crippen molar-refractivity contribution in [3.63, 3.8) is 0 Å². The Morgan fingerprint density at radius 3 is 2.26 bits per heavy atom. The van der Waals surface area contributed by atoms with E-state index in [9.17, 15) is 24.0 Å². The molecule has 0 bridgehead atoms. The minimum absolute atomic E-state index is 0.00281. The van der Waals surface area contributed by atoms with Gasteiger partial charge in [-0.3, -0.25) is 28.9 Å². The molecule has 0 saturated carbocycles. The Morgan fingerprint density at radius 2 is 1.64 bits per heavy atom. The molecule has 2 rings (SSSR count). The second kappa shape index (κ2) is 17.5. The molecule has 0 spiro atoms. The zero-order chi connectivity index (χ0) is 31.2. The zero-order valence-electron chi connectivity index (χ0n) is 25.7. The van der Waals surface area contributed by atoms with Crippen molar-refractivity contribution in [2.45, 2.75) is 110 Å². The van der Waals surface area contributed by atoms with Gasteiger partial charge in [-0.1, -0.05) is 44.2 Å². The lowest BCUT2D eigenvalue weighted by Crippen LogP contribution is -2.55. The number of nitrogens with one attached hydrogen (secondary N) is 4. The van der Waals surface area contributed by atoms with Crippen molar-refractivity contribution in [2.24, 2.45) is 5.92 Å². The topological polar surface area (TPSA) is 157 Å². The maximum atomic E-state index is 13.6. The Morgan fingerprint density at radius 1 is 0.952 bits per heavy atom. The van der Waals surface area contributed by atoms with Crippen molar-refractivity contribution < 1.29 is 29.1 Å². The van der Waals surface area contributed by atoms with E-state index in [0.29, 0.717) is 38.8 Å². The Balaban J connectivity index is 2.12. The number of nitrogens with zero attached hydrogens (tertiary/aromatic N) is 1. The maximum absolute atomic E-state index is 13.6. The molecule has 5 atom stereocenters. The van der Waals surface area contributed by atoms with Gasteiger partial charge in [0.1, 0.15) is 12.1 Å². The summed E-state index contributed by atoms with van der Waals surface area (Å²) in [5.74, 6) is -2.09. The zero-order valence-corrected chi connectivity index (χ0v) is 25.7. The number of likely N-dealkylation sites (N-methyl/N-ethyl adjacent to an activating group) is 1. The summed E-state index contributed by atoms with van der Waals surface area (Å²) >= 11 is 0. The van der Waals surface area contributed by atoms with Crippen LogP contribution in [0.1, 0.15) is 78.7 Å². The Bertz CT molecular complexity index is 1050. The van der Waals surface area contributed by atoms with E-state index in [-0.39, 0.29) is 55.1 Å². The van der Waals surface area contributed by atoms with Crippen LogP contribution in [0.2, 0.25) is 0 Å². The number of amides is 4. The Hall–Kier alpha value is -3.47. The number of rotatable bonds is 17. The van der Waals surface area contributed by atoms with E-state index in [1.54, 1.807) is 0 Å². The van der Waals surface area contributed by atoms with Gasteiger partial charge in [-0.05, 0) is 64.4 Å². The van der Waals surface area contributed by atoms with Crippen LogP contribution >= 0.6 is 0 Å². The number of aliphatic carboxylic acids is 1. The normalized spacial score (nSPS) is 19.0. The maximum Gasteiger partial charge on any atom is 0.303 e. The van der Waals surface area contributed by atoms with Crippen LogP contribution in [-0.2, 0) is 30.4 Å². The lowest BCUT2D eigenvalue weighted by atomic mass is 10.0. The SMILES string of the molecule is CCNC(=O)[C@H](C)N1C[C@@H](NC(=O)[C@H](CCc2ccccc2)NC(=O)[C@H](CC(C)C)NC(=O)CCCC(=O)O)CC1C. The molecule has 1 aliphatic rings. The highest BCUT2D eigenvalue weighted by atomic mass is 16.4. The van der Waals surface area contributed by atoms with Gasteiger partial charge in [0, 0.05) is 38.0 Å². The number of carbonyl (C=O) groups excluding carboxylic acids is 4. The van der Waals surface area contributed by atoms with Gasteiger partial charge >= 0.3 is 5.97 Å². The predicted molar refractivity (Wildman–Crippen MR) is 160 cm³/mol. The summed E-state index contributed by atoms with van der Waals surface area (Å²) in [6.07, 6.45) is 2.02. The van der Waals surface area contributed by atoms with Crippen LogP contribution < -0.4 is 21.3 Å². The molecule has 1 unspecified atom stereocenters. The number of aryl methyl sites for hydroxylation is 1. The fourth-order valence-corrected chi connectivity index (χ4v) is 5.34. The predicted octanol–water partition coefficient (Wildman–Crippen LogP) is 1.99. The molecular formula is C31H49N5O6. The molecule has 1 aromatic carbocycles. The van der Waals surface area contributed by atoms with Crippen molar-refractivity contribution in [3.8, 4) is 0 Å². The number of carbonyl (C=O) groups is 5. The number of benzene rings is 1. The molecule has 0 aliphatic carbocycles. The van der Waals surface area contributed by atoms with Gasteiger partial charge in [-0.15, -0.1) is 0 Å². The first kappa shape index (κ1) is 34.7. The molecular weight excluding hydrogens is 538 g/mol. The third-order valence-electron chi connectivity index (χ3n) is 7.55. The third kappa shape index (κ3) is 11.8. The average Bonchev–Trinajstić information content (AvgIpc) is 3.29. The van der Waals surface area contributed by atoms with E-state index < -0.39 is 29.9 Å². The van der Waals surface area contributed by atoms with E-state index in [1.807, 2.05) is 65.0 Å². The molecule has 4 amide bonds. The van der Waals surface area contributed by atoms with Crippen LogP contribution in [0.25, 0.3) is 0 Å². The van der Waals surface area contributed by atoms with E-state index in [0.717, 1.165) is 5.56 Å². The summed E-state index contributed by atoms with van der Waals surface area (Å²) in [6.45, 7) is 10.7. The number of carboxylic acids is 1. The van der Waals surface area contributed by atoms with E-state index in [1.165, 1.54) is 0 Å². The smallest absolute Gasteiger partial charge is 0.303 e. The summed E-state index contributed by atoms with van der Waals surface area (Å²) in [6, 6.07) is 7.60. The van der Waals surface area contributed by atoms with Crippen molar-refractivity contribution >= 4 is 29.6 Å². The van der Waals surface area contributed by atoms with Crippen molar-refractivity contribution in [2.75, 3.05) is 13.1 Å². The van der Waals surface area contributed by atoms with E-state index in [2.05, 4.69) is 26.2 Å². The summed E-state index contributed by atoms with van der Waals surface area (Å²) < 4.78 is 0. The molecule has 11 nitrogen and oxygen atoms in total. The fourth-order valence-electron chi connectivity index (χ4n) is 5.34. The number of likely N-dealkylation sites (tertiary alicyclic amines) is 1. The van der Waals surface area contributed by atoms with Gasteiger partial charge in [0.05, 0.1) is 6.04 Å². The van der Waals surface area contributed by atoms with Gasteiger partial charge in [0.2, 0.25) is 23.6 Å². The molecule has 1 saturated heterocycles. The molecule has 0 radical (unpaired) electrons. The number of hydrogen-bond donors (Lipinski definition) is 5. The summed E-state index contributed by atoms with van der Waals surface area (Å²) in [5.41, 5.74) is 1.03. The van der Waals surface area contributed by atoms with Crippen LogP contribution in [0.3, 0.4) is 0 Å². The lowest BCUT2D eigenvalue weighted by molar-refractivity contribution is -0.137. The minimum atomic E-state index is -0.981. The van der Waals surface area contributed by atoms with E-state index >= 15 is 0 Å². The molecule has 234 valence electrons. The number of carboxylic acid groups (broad SMARTS) is 1. The first-order valence-corrected chi connectivity index (χ1v) is 15.1. The summed E-state index contributed by atoms with van der Waals surface area (Å²) in [5, 5.41) is 20.4. The molecule has 1 fully saturated rings. The van der Waals surface area contributed by atoms with E-state index in [4.69, 9.17) is 5.11 Å². The lowest BCUT2D eigenvalue weighted by Gasteiger charge is -2.27. The molecule has 1 heterocycles. The highest BCUT2D eigenvalue weighted by Gasteiger charge is 2.36. The van der Waals surface area contributed by atoms with Crippen molar-refractivity contribution in [3.05, 3.63) is 35.9 Å². The van der Waals surface area contributed by atoms with Crippen LogP contribution in [0.4, 0.5) is 0 Å². The van der Waals surface area contributed by atoms with Gasteiger partial charge < -0.3 is 26.4 Å². The second-order valence-corrected chi connectivity index (χ2v) is 11.6. The Kier molecular flexibility index (Phi) is 14.5. The second-order valence-electron chi connectivity index (χ2n) is 11.6. The molecule has 1 aromatic rings. The van der Waals surface area contributed by atoms with Gasteiger partial charge in [0.15, 0.2) is 0 Å². The summed E-state index contributed by atoms with van der Waals surface area (Å²) in [7, 11) is 0. The molecule has 0 aromatic heterocycles. The first-order valence-electron chi connectivity index (χ1n) is 15.1. The average molecular weight is 588 g/mol. The Labute approximate surface area is 249 Å². The molecule has 42 heavy (non-hydrogen) atoms. The van der Waals surface area contributed by atoms with Crippen LogP contribution in [0, 0.1) is 5.92 Å². The fraction of sp³-hybridized carbons (Fsp3) is 0.645. The standard InChI is InChI=1S/C31H49N5O6/c1-6-32-29(40)22(5)36-19-24(18-21(36)4)33-30(41)25(16-15-23-11-8-7-9-12-23)35-31(42)26(17-20(2)3)34-27(37)13-10-14-28(38)39/h7-9,11-12,20-22,24-26H,6,10,13-19H2,1-5H3,(H,32,40)(H,33,41)(H,34,37)(H,35,42)(H,38,39)/t21?,22-,24-,25-,26-/m0/s1. The van der Waals surface area contributed by atoms with Crippen LogP contribution in [-0.4, -0.2) is 82.9 Å². The van der Waals surface area contributed by atoms with Crippen molar-refractivity contribution in [1.82, 2.24) is 26.2 Å². The highest BCUT2D eigenvalue weighted by Crippen LogP contribution is 2.21. The third-order valence-corrected chi connectivity index (χ3v) is 7.55. The quantitative estimate of drug-likeness (QED) is 0.187. The van der Waals surface area contributed by atoms with Gasteiger partial charge in [-0.25, -0.2) is 0 Å². The summed E-state index contributed by atoms with van der Waals surface area (Å²) in [4.78, 5) is 64.8. The molecule has 5 N–H and O–H groups in total. The van der Waals surface area contributed by atoms with Gasteiger partial charge in [0.25, 0.3) is 0 Å². The van der Waals surface area contributed by atoms with Crippen LogP contribution in [0.5, 0.6) is 0 Å². The number of hydrogen-bond acceptors (Lipinski definition) is 6. The minimum Gasteiger partial charge on any atom is -0.481 e. The molecule has 11 heteroatoms.